The molecule has 0 radical (unpaired) electrons. The first kappa shape index (κ1) is 21.1. The Hall–Kier alpha value is -3.14. The zero-order valence-electron chi connectivity index (χ0n) is 16.8. The molecule has 1 N–H and O–H groups in total. The third kappa shape index (κ3) is 4.07. The summed E-state index contributed by atoms with van der Waals surface area (Å²) in [6, 6.07) is 7.28. The van der Waals surface area contributed by atoms with Crippen LogP contribution in [-0.2, 0) is 21.7 Å². The lowest BCUT2D eigenvalue weighted by Gasteiger charge is -2.26. The number of pyridine rings is 1. The molecule has 2 aromatic rings. The third-order valence-electron chi connectivity index (χ3n) is 5.44. The van der Waals surface area contributed by atoms with Crippen molar-refractivity contribution in [2.75, 3.05) is 18.6 Å². The number of para-hydroxylation sites is 2. The van der Waals surface area contributed by atoms with Gasteiger partial charge in [0.1, 0.15) is 24.1 Å². The van der Waals surface area contributed by atoms with E-state index in [0.717, 1.165) is 0 Å². The molecule has 1 aromatic carbocycles. The molecule has 0 bridgehead atoms. The lowest BCUT2D eigenvalue weighted by Crippen LogP contribution is -2.49. The smallest absolute Gasteiger partial charge is 0.392 e. The average Bonchev–Trinajstić information content (AvgIpc) is 2.98. The lowest BCUT2D eigenvalue weighted by atomic mass is 9.91. The third-order valence-corrected chi connectivity index (χ3v) is 5.44. The van der Waals surface area contributed by atoms with Gasteiger partial charge in [-0.2, -0.15) is 13.2 Å². The molecule has 0 aliphatic carbocycles. The summed E-state index contributed by atoms with van der Waals surface area (Å²) in [6.45, 7) is 1.23. The van der Waals surface area contributed by atoms with Crippen molar-refractivity contribution in [1.82, 2.24) is 10.3 Å². The van der Waals surface area contributed by atoms with Gasteiger partial charge in [0.25, 0.3) is 11.8 Å². The molecule has 7 nitrogen and oxygen atoms in total. The standard InChI is InChI=1S/C21H20F3N3O4/c1-20(11-21(22,23)24)13-7-14(25-8-12(13)9-31-20)18(28)26-15-10-30-17-6-4-3-5-16(17)27(2)19(15)29/h3-8,15H,9-11H2,1-2H3,(H,26,28)/t15-,20+/m0/s1. The zero-order chi connectivity index (χ0) is 22.4. The Balaban J connectivity index is 1.54. The Morgan fingerprint density at radius 1 is 1.35 bits per heavy atom. The predicted octanol–water partition coefficient (Wildman–Crippen LogP) is 2.93. The number of rotatable bonds is 3. The molecule has 3 heterocycles. The van der Waals surface area contributed by atoms with E-state index in [1.165, 1.54) is 24.1 Å². The molecule has 0 fully saturated rings. The first-order valence-corrected chi connectivity index (χ1v) is 9.58. The highest BCUT2D eigenvalue weighted by Crippen LogP contribution is 2.43. The zero-order valence-corrected chi connectivity index (χ0v) is 16.8. The van der Waals surface area contributed by atoms with E-state index in [1.807, 2.05) is 0 Å². The summed E-state index contributed by atoms with van der Waals surface area (Å²) in [6.07, 6.45) is -4.29. The number of likely N-dealkylation sites (N-methyl/N-ethyl adjacent to an activating group) is 1. The average molecular weight is 435 g/mol. The highest BCUT2D eigenvalue weighted by Gasteiger charge is 2.45. The monoisotopic (exact) mass is 435 g/mol. The SMILES string of the molecule is CN1C(=O)[C@@H](NC(=O)c2cc3c(cn2)CO[C@]3(C)CC(F)(F)F)COc2ccccc21. The number of amides is 2. The number of hydrogen-bond acceptors (Lipinski definition) is 5. The number of benzene rings is 1. The van der Waals surface area contributed by atoms with E-state index in [1.54, 1.807) is 31.3 Å². The summed E-state index contributed by atoms with van der Waals surface area (Å²) in [4.78, 5) is 31.0. The summed E-state index contributed by atoms with van der Waals surface area (Å²) < 4.78 is 50.1. The summed E-state index contributed by atoms with van der Waals surface area (Å²) in [7, 11) is 1.57. The van der Waals surface area contributed by atoms with Gasteiger partial charge in [-0.25, -0.2) is 0 Å². The number of aromatic nitrogens is 1. The maximum Gasteiger partial charge on any atom is 0.392 e. The molecule has 2 aliphatic heterocycles. The first-order chi connectivity index (χ1) is 14.6. The van der Waals surface area contributed by atoms with Crippen molar-refractivity contribution in [3.63, 3.8) is 0 Å². The van der Waals surface area contributed by atoms with Gasteiger partial charge in [-0.1, -0.05) is 12.1 Å². The van der Waals surface area contributed by atoms with Crippen molar-refractivity contribution in [2.45, 2.75) is 37.8 Å². The number of hydrogen-bond donors (Lipinski definition) is 1. The van der Waals surface area contributed by atoms with E-state index >= 15 is 0 Å². The number of nitrogens with one attached hydrogen (secondary N) is 1. The summed E-state index contributed by atoms with van der Waals surface area (Å²) in [5, 5.41) is 2.58. The maximum absolute atomic E-state index is 13.0. The van der Waals surface area contributed by atoms with Gasteiger partial charge in [0, 0.05) is 18.8 Å². The highest BCUT2D eigenvalue weighted by molar-refractivity contribution is 6.02. The van der Waals surface area contributed by atoms with E-state index in [4.69, 9.17) is 9.47 Å². The quantitative estimate of drug-likeness (QED) is 0.802. The maximum atomic E-state index is 13.0. The van der Waals surface area contributed by atoms with Crippen LogP contribution in [0.15, 0.2) is 36.5 Å². The summed E-state index contributed by atoms with van der Waals surface area (Å²) in [5.41, 5.74) is -0.380. The van der Waals surface area contributed by atoms with E-state index in [-0.39, 0.29) is 30.4 Å². The lowest BCUT2D eigenvalue weighted by molar-refractivity contribution is -0.184. The molecular formula is C21H20F3N3O4. The molecule has 0 saturated heterocycles. The van der Waals surface area contributed by atoms with Gasteiger partial charge in [-0.05, 0) is 30.7 Å². The van der Waals surface area contributed by atoms with Crippen LogP contribution in [0, 0.1) is 0 Å². The molecule has 2 atom stereocenters. The van der Waals surface area contributed by atoms with Crippen LogP contribution in [0.25, 0.3) is 0 Å². The van der Waals surface area contributed by atoms with Crippen molar-refractivity contribution in [1.29, 1.82) is 0 Å². The van der Waals surface area contributed by atoms with Crippen LogP contribution in [0.1, 0.15) is 35.0 Å². The number of anilines is 1. The van der Waals surface area contributed by atoms with E-state index < -0.39 is 30.1 Å². The predicted molar refractivity (Wildman–Crippen MR) is 104 cm³/mol. The van der Waals surface area contributed by atoms with Gasteiger partial charge < -0.3 is 19.7 Å². The van der Waals surface area contributed by atoms with Crippen LogP contribution >= 0.6 is 0 Å². The first-order valence-electron chi connectivity index (χ1n) is 9.58. The fraction of sp³-hybridized carbons (Fsp3) is 0.381. The van der Waals surface area contributed by atoms with E-state index in [2.05, 4.69) is 10.3 Å². The number of ether oxygens (including phenoxy) is 2. The van der Waals surface area contributed by atoms with Crippen LogP contribution < -0.4 is 15.0 Å². The Kier molecular flexibility index (Phi) is 5.12. The summed E-state index contributed by atoms with van der Waals surface area (Å²) >= 11 is 0. The molecule has 0 unspecified atom stereocenters. The molecule has 2 aliphatic rings. The van der Waals surface area contributed by atoms with Crippen molar-refractivity contribution in [3.05, 3.63) is 53.3 Å². The minimum atomic E-state index is -4.44. The van der Waals surface area contributed by atoms with Gasteiger partial charge >= 0.3 is 6.18 Å². The second kappa shape index (κ2) is 7.52. The number of alkyl halides is 3. The second-order valence-electron chi connectivity index (χ2n) is 7.74. The van der Waals surface area contributed by atoms with Gasteiger partial charge in [0.15, 0.2) is 0 Å². The highest BCUT2D eigenvalue weighted by atomic mass is 19.4. The van der Waals surface area contributed by atoms with Crippen LogP contribution in [0.4, 0.5) is 18.9 Å². The minimum absolute atomic E-state index is 0.0190. The fourth-order valence-corrected chi connectivity index (χ4v) is 3.85. The molecule has 4 rings (SSSR count). The van der Waals surface area contributed by atoms with Crippen molar-refractivity contribution < 1.29 is 32.2 Å². The molecule has 31 heavy (non-hydrogen) atoms. The topological polar surface area (TPSA) is 80.8 Å². The van der Waals surface area contributed by atoms with Crippen molar-refractivity contribution in [3.8, 4) is 5.75 Å². The molecule has 10 heteroatoms. The van der Waals surface area contributed by atoms with Crippen molar-refractivity contribution in [2.24, 2.45) is 0 Å². The van der Waals surface area contributed by atoms with Gasteiger partial charge in [0.2, 0.25) is 0 Å². The Labute approximate surface area is 176 Å². The van der Waals surface area contributed by atoms with Gasteiger partial charge in [-0.3, -0.25) is 14.6 Å². The molecule has 0 spiro atoms. The van der Waals surface area contributed by atoms with Crippen LogP contribution in [-0.4, -0.2) is 42.7 Å². The molecule has 0 saturated carbocycles. The van der Waals surface area contributed by atoms with Crippen molar-refractivity contribution >= 4 is 17.5 Å². The number of halogens is 3. The van der Waals surface area contributed by atoms with Crippen LogP contribution in [0.5, 0.6) is 5.75 Å². The Morgan fingerprint density at radius 2 is 2.10 bits per heavy atom. The second-order valence-corrected chi connectivity index (χ2v) is 7.74. The molecular weight excluding hydrogens is 415 g/mol. The van der Waals surface area contributed by atoms with Gasteiger partial charge in [0.05, 0.1) is 24.3 Å². The molecule has 2 amide bonds. The number of fused-ring (bicyclic) bond motifs is 2. The number of carbonyl (C=O) groups is 2. The number of nitrogens with zero attached hydrogens (tertiary/aromatic N) is 2. The normalized spacial score (nSPS) is 22.9. The molecule has 164 valence electrons. The Bertz CT molecular complexity index is 1040. The van der Waals surface area contributed by atoms with Crippen LogP contribution in [0.3, 0.4) is 0 Å². The van der Waals surface area contributed by atoms with E-state index in [0.29, 0.717) is 17.0 Å². The number of carbonyl (C=O) groups excluding carboxylic acids is 2. The van der Waals surface area contributed by atoms with Gasteiger partial charge in [-0.15, -0.1) is 0 Å². The Morgan fingerprint density at radius 3 is 2.84 bits per heavy atom. The van der Waals surface area contributed by atoms with E-state index in [9.17, 15) is 22.8 Å². The largest absolute Gasteiger partial charge is 0.489 e. The summed E-state index contributed by atoms with van der Waals surface area (Å²) in [5.74, 6) is -0.569. The molecule has 1 aromatic heterocycles. The minimum Gasteiger partial charge on any atom is -0.489 e. The fourth-order valence-electron chi connectivity index (χ4n) is 3.85. The van der Waals surface area contributed by atoms with Crippen LogP contribution in [0.2, 0.25) is 0 Å².